The molecular weight excluding hydrogens is 432 g/mol. The summed E-state index contributed by atoms with van der Waals surface area (Å²) in [7, 11) is 0. The first-order chi connectivity index (χ1) is 16.6. The van der Waals surface area contributed by atoms with E-state index >= 15 is 0 Å². The fraction of sp³-hybridized carbons (Fsp3) is 0.542. The van der Waals surface area contributed by atoms with Gasteiger partial charge in [-0.25, -0.2) is 4.98 Å². The highest BCUT2D eigenvalue weighted by Gasteiger charge is 2.37. The Labute approximate surface area is 200 Å². The molecule has 34 heavy (non-hydrogen) atoms. The van der Waals surface area contributed by atoms with Crippen LogP contribution in [0.15, 0.2) is 24.7 Å². The van der Waals surface area contributed by atoms with Gasteiger partial charge in [0.05, 0.1) is 23.8 Å². The Kier molecular flexibility index (Phi) is 6.21. The lowest BCUT2D eigenvalue weighted by Crippen LogP contribution is -2.48. The van der Waals surface area contributed by atoms with Crippen LogP contribution in [0.4, 0.5) is 23.1 Å². The van der Waals surface area contributed by atoms with Gasteiger partial charge >= 0.3 is 0 Å². The molecule has 180 valence electrons. The van der Waals surface area contributed by atoms with Crippen molar-refractivity contribution in [3.05, 3.63) is 30.2 Å². The summed E-state index contributed by atoms with van der Waals surface area (Å²) < 4.78 is 0. The van der Waals surface area contributed by atoms with Gasteiger partial charge in [0.15, 0.2) is 0 Å². The summed E-state index contributed by atoms with van der Waals surface area (Å²) in [5.41, 5.74) is 2.29. The third-order valence-electron chi connectivity index (χ3n) is 6.94. The van der Waals surface area contributed by atoms with Gasteiger partial charge in [-0.15, -0.1) is 0 Å². The van der Waals surface area contributed by atoms with E-state index in [1.807, 2.05) is 35.9 Å². The van der Waals surface area contributed by atoms with Crippen molar-refractivity contribution in [1.82, 2.24) is 19.9 Å². The molecule has 0 radical (unpaired) electrons. The maximum Gasteiger partial charge on any atom is 0.263 e. The van der Waals surface area contributed by atoms with Gasteiger partial charge in [-0.3, -0.25) is 14.6 Å². The summed E-state index contributed by atoms with van der Waals surface area (Å²) in [5, 5.41) is 3.16. The van der Waals surface area contributed by atoms with E-state index in [2.05, 4.69) is 25.1 Å². The normalized spacial score (nSPS) is 20.2. The third-order valence-corrected chi connectivity index (χ3v) is 6.94. The van der Waals surface area contributed by atoms with E-state index in [0.29, 0.717) is 37.6 Å². The number of nitrogens with one attached hydrogen (secondary N) is 1. The minimum Gasteiger partial charge on any atom is -0.367 e. The summed E-state index contributed by atoms with van der Waals surface area (Å²) in [6.45, 7) is 9.02. The van der Waals surface area contributed by atoms with Crippen molar-refractivity contribution in [2.24, 2.45) is 0 Å². The monoisotopic (exact) mass is 464 g/mol. The second-order valence-electron chi connectivity index (χ2n) is 8.99. The number of rotatable bonds is 5. The molecule has 1 atom stereocenters. The Morgan fingerprint density at radius 1 is 1.09 bits per heavy atom. The van der Waals surface area contributed by atoms with Crippen LogP contribution in [0.3, 0.4) is 0 Å². The highest BCUT2D eigenvalue weighted by Crippen LogP contribution is 2.34. The van der Waals surface area contributed by atoms with Crippen LogP contribution in [-0.4, -0.2) is 83.5 Å². The van der Waals surface area contributed by atoms with Crippen LogP contribution < -0.4 is 20.0 Å². The number of nitrogens with zero attached hydrogens (tertiary/aromatic N) is 7. The Balaban J connectivity index is 1.42. The molecule has 0 saturated carbocycles. The Bertz CT molecular complexity index is 1070. The molecule has 0 bridgehead atoms. The molecule has 0 aliphatic carbocycles. The number of carbonyl (C=O) groups excluding carboxylic acids is 2. The van der Waals surface area contributed by atoms with Crippen molar-refractivity contribution >= 4 is 35.0 Å². The van der Waals surface area contributed by atoms with Crippen molar-refractivity contribution < 1.29 is 9.59 Å². The van der Waals surface area contributed by atoms with E-state index in [1.165, 1.54) is 0 Å². The zero-order chi connectivity index (χ0) is 23.7. The number of fused-ring (bicyclic) bond motifs is 3. The molecular formula is C24H32N8O2. The smallest absolute Gasteiger partial charge is 0.263 e. The summed E-state index contributed by atoms with van der Waals surface area (Å²) in [5.74, 6) is 1.38. The standard InChI is InChI=1S/C24H32N8O2/c1-3-21(33)30-10-8-29(9-11-30)18-12-19(14-25-13-18)32-16-17-6-5-7-31(17)22-20(23(32)34)15-27-24(28-22)26-4-2/h12-15,17H,3-11,16H2,1-2H3,(H,26,27,28). The molecule has 1 unspecified atom stereocenters. The number of hydrogen-bond acceptors (Lipinski definition) is 8. The van der Waals surface area contributed by atoms with Crippen LogP contribution in [0.1, 0.15) is 43.5 Å². The summed E-state index contributed by atoms with van der Waals surface area (Å²) in [6, 6.07) is 2.25. The Morgan fingerprint density at radius 2 is 1.88 bits per heavy atom. The molecule has 2 aromatic heterocycles. The summed E-state index contributed by atoms with van der Waals surface area (Å²) >= 11 is 0. The maximum absolute atomic E-state index is 13.7. The fourth-order valence-corrected chi connectivity index (χ4v) is 5.13. The molecule has 3 aliphatic rings. The zero-order valence-electron chi connectivity index (χ0n) is 19.9. The first kappa shape index (κ1) is 22.4. The third kappa shape index (κ3) is 4.12. The van der Waals surface area contributed by atoms with Gasteiger partial charge in [0, 0.05) is 64.5 Å². The first-order valence-corrected chi connectivity index (χ1v) is 12.3. The van der Waals surface area contributed by atoms with E-state index in [1.54, 1.807) is 12.4 Å². The topological polar surface area (TPSA) is 97.8 Å². The van der Waals surface area contributed by atoms with Gasteiger partial charge in [-0.2, -0.15) is 4.98 Å². The van der Waals surface area contributed by atoms with Gasteiger partial charge in [0.2, 0.25) is 11.9 Å². The largest absolute Gasteiger partial charge is 0.367 e. The van der Waals surface area contributed by atoms with Crippen LogP contribution in [-0.2, 0) is 4.79 Å². The second kappa shape index (κ2) is 9.44. The highest BCUT2D eigenvalue weighted by atomic mass is 16.2. The number of hydrogen-bond donors (Lipinski definition) is 1. The van der Waals surface area contributed by atoms with E-state index < -0.39 is 0 Å². The highest BCUT2D eigenvalue weighted by molar-refractivity contribution is 6.10. The lowest BCUT2D eigenvalue weighted by Gasteiger charge is -2.36. The predicted octanol–water partition coefficient (Wildman–Crippen LogP) is 1.99. The molecule has 5 rings (SSSR count). The Morgan fingerprint density at radius 3 is 2.65 bits per heavy atom. The zero-order valence-corrected chi connectivity index (χ0v) is 19.9. The van der Waals surface area contributed by atoms with Crippen molar-refractivity contribution in [3.63, 3.8) is 0 Å². The van der Waals surface area contributed by atoms with Crippen molar-refractivity contribution in [2.75, 3.05) is 65.8 Å². The number of pyridine rings is 1. The SMILES string of the molecule is CCNc1ncc2c(n1)N1CCCC1CN(c1cncc(N3CCN(C(=O)CC)CC3)c1)C2=O. The van der Waals surface area contributed by atoms with Crippen LogP contribution in [0, 0.1) is 0 Å². The molecule has 3 aliphatic heterocycles. The fourth-order valence-electron chi connectivity index (χ4n) is 5.13. The van der Waals surface area contributed by atoms with Crippen LogP contribution in [0.25, 0.3) is 0 Å². The average Bonchev–Trinajstić information content (AvgIpc) is 3.31. The summed E-state index contributed by atoms with van der Waals surface area (Å²) in [4.78, 5) is 47.5. The molecule has 2 aromatic rings. The second-order valence-corrected chi connectivity index (χ2v) is 8.99. The molecule has 5 heterocycles. The van der Waals surface area contributed by atoms with E-state index in [4.69, 9.17) is 4.98 Å². The van der Waals surface area contributed by atoms with Gasteiger partial charge in [-0.05, 0) is 25.8 Å². The molecule has 10 heteroatoms. The molecule has 1 N–H and O–H groups in total. The molecule has 2 fully saturated rings. The number of piperazine rings is 1. The van der Waals surface area contributed by atoms with E-state index in [0.717, 1.165) is 56.2 Å². The number of amides is 2. The predicted molar refractivity (Wildman–Crippen MR) is 132 cm³/mol. The van der Waals surface area contributed by atoms with Crippen LogP contribution in [0.5, 0.6) is 0 Å². The van der Waals surface area contributed by atoms with Gasteiger partial charge in [0.25, 0.3) is 5.91 Å². The Hall–Kier alpha value is -3.43. The number of anilines is 4. The van der Waals surface area contributed by atoms with Crippen molar-refractivity contribution in [2.45, 2.75) is 39.2 Å². The molecule has 0 spiro atoms. The van der Waals surface area contributed by atoms with Crippen molar-refractivity contribution in [1.29, 1.82) is 0 Å². The number of carbonyl (C=O) groups is 2. The quantitative estimate of drug-likeness (QED) is 0.718. The minimum atomic E-state index is -0.0928. The molecule has 2 saturated heterocycles. The lowest BCUT2D eigenvalue weighted by molar-refractivity contribution is -0.131. The maximum atomic E-state index is 13.7. The van der Waals surface area contributed by atoms with Crippen LogP contribution in [0.2, 0.25) is 0 Å². The van der Waals surface area contributed by atoms with Gasteiger partial charge in [-0.1, -0.05) is 6.92 Å². The van der Waals surface area contributed by atoms with Gasteiger partial charge < -0.3 is 24.9 Å². The molecule has 2 amide bonds. The molecule has 10 nitrogen and oxygen atoms in total. The van der Waals surface area contributed by atoms with Crippen LogP contribution >= 0.6 is 0 Å². The molecule has 0 aromatic carbocycles. The average molecular weight is 465 g/mol. The minimum absolute atomic E-state index is 0.0928. The first-order valence-electron chi connectivity index (χ1n) is 12.3. The van der Waals surface area contributed by atoms with Gasteiger partial charge in [0.1, 0.15) is 11.4 Å². The van der Waals surface area contributed by atoms with E-state index in [9.17, 15) is 9.59 Å². The van der Waals surface area contributed by atoms with E-state index in [-0.39, 0.29) is 17.9 Å². The van der Waals surface area contributed by atoms with Crippen molar-refractivity contribution in [3.8, 4) is 0 Å². The number of aromatic nitrogens is 3. The summed E-state index contributed by atoms with van der Waals surface area (Å²) in [6.07, 6.45) is 7.88. The lowest BCUT2D eigenvalue weighted by atomic mass is 10.2.